The molecule has 1 saturated heterocycles. The predicted octanol–water partition coefficient (Wildman–Crippen LogP) is 4.30. The molecule has 1 fully saturated rings. The van der Waals surface area contributed by atoms with Crippen LogP contribution < -0.4 is 9.62 Å². The molecular weight excluding hydrogens is 551 g/mol. The zero-order chi connectivity index (χ0) is 29.5. The molecule has 0 amide bonds. The van der Waals surface area contributed by atoms with Crippen LogP contribution in [-0.4, -0.2) is 74.1 Å². The summed E-state index contributed by atoms with van der Waals surface area (Å²) in [7, 11) is -3.56. The molecule has 4 rings (SSSR count). The maximum atomic E-state index is 11.9. The number of nitrogens with one attached hydrogen (secondary N) is 1. The Bertz CT molecular complexity index is 1370. The molecule has 40 heavy (non-hydrogen) atoms. The van der Waals surface area contributed by atoms with Gasteiger partial charge < -0.3 is 15.1 Å². The summed E-state index contributed by atoms with van der Waals surface area (Å²) in [6.45, 7) is 2.91. The molecule has 9 nitrogen and oxygen atoms in total. The van der Waals surface area contributed by atoms with Crippen LogP contribution in [-0.2, 0) is 14.8 Å². The predicted molar refractivity (Wildman–Crippen MR) is 144 cm³/mol. The lowest BCUT2D eigenvalue weighted by Gasteiger charge is -2.41. The monoisotopic (exact) mass is 579 g/mol. The van der Waals surface area contributed by atoms with Crippen LogP contribution in [0.2, 0.25) is 0 Å². The molecule has 1 aliphatic heterocycles. The number of halogens is 3. The number of carboxylic acid groups (broad SMARTS) is 2. The molecule has 3 aromatic rings. The second-order valence-corrected chi connectivity index (χ2v) is 10.7. The lowest BCUT2D eigenvalue weighted by Crippen LogP contribution is -2.48. The summed E-state index contributed by atoms with van der Waals surface area (Å²) in [5.41, 5.74) is 3.45. The van der Waals surface area contributed by atoms with Gasteiger partial charge in [0, 0.05) is 26.2 Å². The van der Waals surface area contributed by atoms with Crippen LogP contribution in [0.4, 0.5) is 24.5 Å². The van der Waals surface area contributed by atoms with Crippen LogP contribution in [0.5, 0.6) is 0 Å². The molecule has 0 spiro atoms. The molecule has 1 heterocycles. The number of aliphatic carboxylic acids is 1. The van der Waals surface area contributed by atoms with Gasteiger partial charge in [-0.25, -0.2) is 18.0 Å². The number of hydrogen-bond acceptors (Lipinski definition) is 6. The van der Waals surface area contributed by atoms with E-state index in [2.05, 4.69) is 63.1 Å². The van der Waals surface area contributed by atoms with Crippen molar-refractivity contribution >= 4 is 33.3 Å². The second kappa shape index (κ2) is 12.8. The van der Waals surface area contributed by atoms with E-state index in [1.807, 2.05) is 12.1 Å². The molecule has 0 unspecified atom stereocenters. The Labute approximate surface area is 229 Å². The number of benzene rings is 3. The Morgan fingerprint density at radius 3 is 1.73 bits per heavy atom. The quantitative estimate of drug-likeness (QED) is 0.378. The maximum absolute atomic E-state index is 11.9. The van der Waals surface area contributed by atoms with Crippen LogP contribution in [0.3, 0.4) is 0 Å². The molecule has 0 aromatic heterocycles. The van der Waals surface area contributed by atoms with Gasteiger partial charge in [0.15, 0.2) is 0 Å². The molecule has 0 saturated carbocycles. The standard InChI is InChI=1S/C25H27N3O4S.C2HF3O2/c1-33(31,32)26-22-18-21(25(29)30)12-13-23(22)27-14-16-28(17-15-27)24(19-8-4-2-5-9-19)20-10-6-3-7-11-20;3-2(4,5)1(6)7/h2-13,18,24,26H,14-17H2,1H3,(H,29,30);(H,6,7). The summed E-state index contributed by atoms with van der Waals surface area (Å²) in [6.07, 6.45) is -4.02. The molecule has 0 bridgehead atoms. The normalized spacial score (nSPS) is 14.3. The number of piperazine rings is 1. The fraction of sp³-hybridized carbons (Fsp3) is 0.259. The van der Waals surface area contributed by atoms with Gasteiger partial charge in [-0.2, -0.15) is 13.2 Å². The molecule has 13 heteroatoms. The molecule has 1 aliphatic rings. The van der Waals surface area contributed by atoms with Gasteiger partial charge in [-0.05, 0) is 29.3 Å². The van der Waals surface area contributed by atoms with Crippen molar-refractivity contribution in [3.05, 3.63) is 95.6 Å². The summed E-state index contributed by atoms with van der Waals surface area (Å²) in [5, 5.41) is 16.4. The van der Waals surface area contributed by atoms with Crippen molar-refractivity contribution in [3.8, 4) is 0 Å². The van der Waals surface area contributed by atoms with Crippen molar-refractivity contribution in [2.45, 2.75) is 12.2 Å². The third-order valence-corrected chi connectivity index (χ3v) is 6.62. The van der Waals surface area contributed by atoms with Crippen molar-refractivity contribution in [1.29, 1.82) is 0 Å². The van der Waals surface area contributed by atoms with Crippen LogP contribution in [0.1, 0.15) is 27.5 Å². The Morgan fingerprint density at radius 1 is 0.850 bits per heavy atom. The topological polar surface area (TPSA) is 127 Å². The van der Waals surface area contributed by atoms with Gasteiger partial charge >= 0.3 is 18.1 Å². The van der Waals surface area contributed by atoms with Gasteiger partial charge in [0.2, 0.25) is 10.0 Å². The van der Waals surface area contributed by atoms with E-state index in [1.165, 1.54) is 23.3 Å². The molecule has 3 aromatic carbocycles. The van der Waals surface area contributed by atoms with Crippen molar-refractivity contribution in [2.75, 3.05) is 42.1 Å². The minimum Gasteiger partial charge on any atom is -0.478 e. The Morgan fingerprint density at radius 2 is 1.32 bits per heavy atom. The minimum absolute atomic E-state index is 0.0387. The third kappa shape index (κ3) is 8.45. The van der Waals surface area contributed by atoms with Crippen molar-refractivity contribution in [3.63, 3.8) is 0 Å². The second-order valence-electron chi connectivity index (χ2n) is 8.96. The first-order valence-electron chi connectivity index (χ1n) is 12.0. The number of alkyl halides is 3. The first-order valence-corrected chi connectivity index (χ1v) is 13.9. The highest BCUT2D eigenvalue weighted by Crippen LogP contribution is 2.33. The average Bonchev–Trinajstić information content (AvgIpc) is 2.89. The number of anilines is 2. The summed E-state index contributed by atoms with van der Waals surface area (Å²) < 4.78 is 58.0. The highest BCUT2D eigenvalue weighted by molar-refractivity contribution is 7.92. The minimum atomic E-state index is -5.08. The Balaban J connectivity index is 0.000000559. The molecule has 0 aliphatic carbocycles. The van der Waals surface area contributed by atoms with Gasteiger partial charge in [0.25, 0.3) is 0 Å². The van der Waals surface area contributed by atoms with Crippen LogP contribution in [0.15, 0.2) is 78.9 Å². The summed E-state index contributed by atoms with van der Waals surface area (Å²) >= 11 is 0. The van der Waals surface area contributed by atoms with E-state index < -0.39 is 28.1 Å². The molecule has 0 radical (unpaired) electrons. The first kappa shape index (κ1) is 30.4. The smallest absolute Gasteiger partial charge is 0.478 e. The summed E-state index contributed by atoms with van der Waals surface area (Å²) in [4.78, 5) is 24.8. The van der Waals surface area contributed by atoms with Crippen LogP contribution in [0, 0.1) is 0 Å². The van der Waals surface area contributed by atoms with Crippen LogP contribution >= 0.6 is 0 Å². The zero-order valence-corrected chi connectivity index (χ0v) is 22.2. The SMILES string of the molecule is CS(=O)(=O)Nc1cc(C(=O)O)ccc1N1CCN(C(c2ccccc2)c2ccccc2)CC1.O=C(O)C(F)(F)F. The van der Waals surface area contributed by atoms with Gasteiger partial charge in [-0.1, -0.05) is 60.7 Å². The number of carboxylic acids is 2. The highest BCUT2D eigenvalue weighted by Gasteiger charge is 2.38. The maximum Gasteiger partial charge on any atom is 0.490 e. The van der Waals surface area contributed by atoms with E-state index >= 15 is 0 Å². The zero-order valence-electron chi connectivity index (χ0n) is 21.4. The number of hydrogen-bond donors (Lipinski definition) is 3. The largest absolute Gasteiger partial charge is 0.490 e. The lowest BCUT2D eigenvalue weighted by atomic mass is 9.96. The number of aromatic carboxylic acids is 1. The number of nitrogens with zero attached hydrogens (tertiary/aromatic N) is 2. The fourth-order valence-corrected chi connectivity index (χ4v) is 4.90. The third-order valence-electron chi connectivity index (χ3n) is 6.03. The highest BCUT2D eigenvalue weighted by atomic mass is 32.2. The van der Waals surface area contributed by atoms with E-state index in [0.29, 0.717) is 18.8 Å². The van der Waals surface area contributed by atoms with Gasteiger partial charge in [-0.3, -0.25) is 9.62 Å². The fourth-order valence-electron chi connectivity index (χ4n) is 4.33. The number of rotatable bonds is 7. The van der Waals surface area contributed by atoms with Gasteiger partial charge in [0.1, 0.15) is 0 Å². The van der Waals surface area contributed by atoms with E-state index in [9.17, 15) is 31.5 Å². The average molecular weight is 580 g/mol. The summed E-state index contributed by atoms with van der Waals surface area (Å²) in [6, 6.07) is 25.5. The molecule has 0 atom stereocenters. The molecular formula is C27H28F3N3O6S. The Hall–Kier alpha value is -4.10. The van der Waals surface area contributed by atoms with E-state index in [-0.39, 0.29) is 17.3 Å². The van der Waals surface area contributed by atoms with E-state index in [1.54, 1.807) is 6.07 Å². The Kier molecular flexibility index (Phi) is 9.77. The van der Waals surface area contributed by atoms with Crippen molar-refractivity contribution in [1.82, 2.24) is 4.90 Å². The first-order chi connectivity index (χ1) is 18.8. The number of carbonyl (C=O) groups is 2. The summed E-state index contributed by atoms with van der Waals surface area (Å²) in [5.74, 6) is -3.86. The molecule has 214 valence electrons. The lowest BCUT2D eigenvalue weighted by molar-refractivity contribution is -0.192. The van der Waals surface area contributed by atoms with Crippen molar-refractivity contribution in [2.24, 2.45) is 0 Å². The number of sulfonamides is 1. The van der Waals surface area contributed by atoms with E-state index in [0.717, 1.165) is 19.3 Å². The van der Waals surface area contributed by atoms with Crippen molar-refractivity contribution < 1.29 is 41.4 Å². The van der Waals surface area contributed by atoms with Gasteiger partial charge in [-0.15, -0.1) is 0 Å². The van der Waals surface area contributed by atoms with Crippen LogP contribution in [0.25, 0.3) is 0 Å². The van der Waals surface area contributed by atoms with E-state index in [4.69, 9.17) is 9.90 Å². The molecule has 3 N–H and O–H groups in total. The van der Waals surface area contributed by atoms with Gasteiger partial charge in [0.05, 0.1) is 29.2 Å².